The highest BCUT2D eigenvalue weighted by Crippen LogP contribution is 2.22. The Hall–Kier alpha value is -3.68. The highest BCUT2D eigenvalue weighted by atomic mass is 19.1. The molecular formula is C21H20FN3O4. The second kappa shape index (κ2) is 9.01. The maximum atomic E-state index is 13.2. The molecule has 0 aliphatic carbocycles. The third-order valence-electron chi connectivity index (χ3n) is 4.01. The van der Waals surface area contributed by atoms with Crippen LogP contribution in [0.2, 0.25) is 0 Å². The van der Waals surface area contributed by atoms with E-state index in [1.165, 1.54) is 23.9 Å². The molecule has 3 rings (SSSR count). The van der Waals surface area contributed by atoms with E-state index < -0.39 is 11.9 Å². The minimum Gasteiger partial charge on any atom is -0.489 e. The monoisotopic (exact) mass is 397 g/mol. The van der Waals surface area contributed by atoms with Gasteiger partial charge in [0, 0.05) is 5.69 Å². The summed E-state index contributed by atoms with van der Waals surface area (Å²) in [7, 11) is 1.30. The molecule has 7 nitrogen and oxygen atoms in total. The Labute approximate surface area is 167 Å². The smallest absolute Gasteiger partial charge is 0.337 e. The molecule has 1 N–H and O–H groups in total. The molecule has 0 atom stereocenters. The van der Waals surface area contributed by atoms with Crippen LogP contribution in [-0.2, 0) is 4.74 Å². The van der Waals surface area contributed by atoms with E-state index >= 15 is 0 Å². The van der Waals surface area contributed by atoms with Crippen molar-refractivity contribution in [2.45, 2.75) is 13.3 Å². The maximum Gasteiger partial charge on any atom is 0.337 e. The van der Waals surface area contributed by atoms with Crippen LogP contribution >= 0.6 is 0 Å². The van der Waals surface area contributed by atoms with Crippen molar-refractivity contribution >= 4 is 17.6 Å². The Bertz CT molecular complexity index is 998. The number of carbonyl (C=O) groups is 2. The summed E-state index contributed by atoms with van der Waals surface area (Å²) in [6.45, 7) is 2.37. The number of nitrogens with zero attached hydrogens (tertiary/aromatic N) is 2. The van der Waals surface area contributed by atoms with Crippen molar-refractivity contribution in [3.63, 3.8) is 0 Å². The van der Waals surface area contributed by atoms with Crippen LogP contribution in [0, 0.1) is 5.82 Å². The molecule has 0 spiro atoms. The third-order valence-corrected chi connectivity index (χ3v) is 4.01. The maximum absolute atomic E-state index is 13.2. The second-order valence-electron chi connectivity index (χ2n) is 6.13. The fraction of sp³-hybridized carbons (Fsp3) is 0.190. The van der Waals surface area contributed by atoms with Crippen molar-refractivity contribution in [3.8, 4) is 11.4 Å². The number of hydrogen-bond donors (Lipinski definition) is 1. The number of carbonyl (C=O) groups excluding carboxylic acids is 2. The van der Waals surface area contributed by atoms with E-state index in [0.29, 0.717) is 29.3 Å². The number of benzene rings is 2. The first-order chi connectivity index (χ1) is 14.0. The predicted octanol–water partition coefficient (Wildman–Crippen LogP) is 3.84. The van der Waals surface area contributed by atoms with Gasteiger partial charge in [0.1, 0.15) is 5.82 Å². The molecule has 0 bridgehead atoms. The summed E-state index contributed by atoms with van der Waals surface area (Å²) in [4.78, 5) is 24.3. The highest BCUT2D eigenvalue weighted by Gasteiger charge is 2.19. The van der Waals surface area contributed by atoms with Gasteiger partial charge in [-0.1, -0.05) is 6.92 Å². The van der Waals surface area contributed by atoms with E-state index in [0.717, 1.165) is 6.42 Å². The lowest BCUT2D eigenvalue weighted by Crippen LogP contribution is -2.15. The van der Waals surface area contributed by atoms with Gasteiger partial charge in [0.25, 0.3) is 5.91 Å². The summed E-state index contributed by atoms with van der Waals surface area (Å²) in [6.07, 6.45) is 2.34. The van der Waals surface area contributed by atoms with E-state index in [1.807, 2.05) is 6.92 Å². The van der Waals surface area contributed by atoms with E-state index in [4.69, 9.17) is 4.74 Å². The van der Waals surface area contributed by atoms with Crippen molar-refractivity contribution in [2.24, 2.45) is 0 Å². The van der Waals surface area contributed by atoms with Crippen LogP contribution in [0.5, 0.6) is 5.75 Å². The Balaban J connectivity index is 1.84. The number of nitrogens with one attached hydrogen (secondary N) is 1. The van der Waals surface area contributed by atoms with Crippen LogP contribution in [0.4, 0.5) is 10.1 Å². The fourth-order valence-corrected chi connectivity index (χ4v) is 2.56. The second-order valence-corrected chi connectivity index (χ2v) is 6.13. The molecule has 0 fully saturated rings. The quantitative estimate of drug-likeness (QED) is 0.613. The Morgan fingerprint density at radius 2 is 1.79 bits per heavy atom. The zero-order chi connectivity index (χ0) is 20.8. The van der Waals surface area contributed by atoms with Gasteiger partial charge in [0.2, 0.25) is 0 Å². The van der Waals surface area contributed by atoms with E-state index in [2.05, 4.69) is 15.2 Å². The number of hydrogen-bond acceptors (Lipinski definition) is 5. The summed E-state index contributed by atoms with van der Waals surface area (Å²) in [5, 5.41) is 7.03. The van der Waals surface area contributed by atoms with Crippen LogP contribution in [0.25, 0.3) is 5.69 Å². The summed E-state index contributed by atoms with van der Waals surface area (Å²) in [6, 6.07) is 12.0. The number of halogens is 1. The van der Waals surface area contributed by atoms with Gasteiger partial charge in [0.05, 0.1) is 31.2 Å². The summed E-state index contributed by atoms with van der Waals surface area (Å²) < 4.78 is 24.9. The predicted molar refractivity (Wildman–Crippen MR) is 105 cm³/mol. The molecule has 1 aromatic heterocycles. The largest absolute Gasteiger partial charge is 0.489 e. The molecule has 3 aromatic rings. The average Bonchev–Trinajstić information content (AvgIpc) is 3.17. The third kappa shape index (κ3) is 4.78. The van der Waals surface area contributed by atoms with Gasteiger partial charge in [-0.05, 0) is 55.0 Å². The van der Waals surface area contributed by atoms with Gasteiger partial charge in [-0.15, -0.1) is 0 Å². The zero-order valence-electron chi connectivity index (χ0n) is 16.0. The molecule has 0 aliphatic rings. The van der Waals surface area contributed by atoms with E-state index in [1.54, 1.807) is 42.6 Å². The molecule has 2 aromatic carbocycles. The summed E-state index contributed by atoms with van der Waals surface area (Å²) in [5.41, 5.74) is 1.55. The van der Waals surface area contributed by atoms with Crippen molar-refractivity contribution in [1.29, 1.82) is 0 Å². The molecule has 0 radical (unpaired) electrons. The highest BCUT2D eigenvalue weighted by molar-refractivity contribution is 6.05. The van der Waals surface area contributed by atoms with Crippen molar-refractivity contribution in [1.82, 2.24) is 9.78 Å². The average molecular weight is 397 g/mol. The van der Waals surface area contributed by atoms with E-state index in [9.17, 15) is 14.0 Å². The minimum absolute atomic E-state index is 0.0971. The van der Waals surface area contributed by atoms with E-state index in [-0.39, 0.29) is 11.5 Å². The normalized spacial score (nSPS) is 10.4. The Morgan fingerprint density at radius 1 is 1.10 bits per heavy atom. The lowest BCUT2D eigenvalue weighted by Gasteiger charge is -2.06. The van der Waals surface area contributed by atoms with Gasteiger partial charge in [-0.3, -0.25) is 4.79 Å². The SMILES string of the molecule is CCCOc1cn(-c2ccc(F)cc2)nc1C(=O)Nc1ccc(C(=O)OC)cc1. The fourth-order valence-electron chi connectivity index (χ4n) is 2.56. The van der Waals surface area contributed by atoms with Crippen molar-refractivity contribution in [2.75, 3.05) is 19.0 Å². The standard InChI is InChI=1S/C21H20FN3O4/c1-3-12-29-18-13-25(17-10-6-15(22)7-11-17)24-19(18)20(26)23-16-8-4-14(5-9-16)21(27)28-2/h4-11,13H,3,12H2,1-2H3,(H,23,26). The first-order valence-electron chi connectivity index (χ1n) is 9.00. The Morgan fingerprint density at radius 3 is 2.41 bits per heavy atom. The number of rotatable bonds is 7. The molecule has 150 valence electrons. The Kier molecular flexibility index (Phi) is 6.23. The van der Waals surface area contributed by atoms with Crippen LogP contribution < -0.4 is 10.1 Å². The molecule has 0 saturated carbocycles. The number of esters is 1. The lowest BCUT2D eigenvalue weighted by molar-refractivity contribution is 0.0600. The molecule has 0 unspecified atom stereocenters. The zero-order valence-corrected chi connectivity index (χ0v) is 16.0. The van der Waals surface area contributed by atoms with Crippen LogP contribution in [0.1, 0.15) is 34.2 Å². The summed E-state index contributed by atoms with van der Waals surface area (Å²) in [5.74, 6) is -0.976. The minimum atomic E-state index is -0.470. The molecule has 29 heavy (non-hydrogen) atoms. The summed E-state index contributed by atoms with van der Waals surface area (Å²) >= 11 is 0. The van der Waals surface area contributed by atoms with Crippen LogP contribution in [0.3, 0.4) is 0 Å². The van der Waals surface area contributed by atoms with Crippen LogP contribution in [-0.4, -0.2) is 35.4 Å². The topological polar surface area (TPSA) is 82.5 Å². The molecule has 8 heteroatoms. The first-order valence-corrected chi connectivity index (χ1v) is 9.00. The van der Waals surface area contributed by atoms with Gasteiger partial charge < -0.3 is 14.8 Å². The number of aromatic nitrogens is 2. The number of ether oxygens (including phenoxy) is 2. The van der Waals surface area contributed by atoms with Gasteiger partial charge >= 0.3 is 5.97 Å². The van der Waals surface area contributed by atoms with Crippen molar-refractivity contribution in [3.05, 3.63) is 71.8 Å². The van der Waals surface area contributed by atoms with Crippen LogP contribution in [0.15, 0.2) is 54.7 Å². The number of anilines is 1. The van der Waals surface area contributed by atoms with Crippen molar-refractivity contribution < 1.29 is 23.5 Å². The molecule has 1 heterocycles. The molecule has 0 saturated heterocycles. The lowest BCUT2D eigenvalue weighted by atomic mass is 10.2. The number of methoxy groups -OCH3 is 1. The molecule has 0 aliphatic heterocycles. The van der Waals surface area contributed by atoms with Gasteiger partial charge in [0.15, 0.2) is 11.4 Å². The van der Waals surface area contributed by atoms with Gasteiger partial charge in [-0.25, -0.2) is 13.9 Å². The first kappa shape index (κ1) is 20.1. The molecular weight excluding hydrogens is 377 g/mol. The molecule has 1 amide bonds. The number of amides is 1. The van der Waals surface area contributed by atoms with Gasteiger partial charge in [-0.2, -0.15) is 5.10 Å².